The van der Waals surface area contributed by atoms with Crippen LogP contribution in [-0.2, 0) is 10.0 Å². The Morgan fingerprint density at radius 3 is 2.24 bits per heavy atom. The highest BCUT2D eigenvalue weighted by atomic mass is 32.2. The predicted octanol–water partition coefficient (Wildman–Crippen LogP) is 4.22. The molecule has 2 aromatic carbocycles. The van der Waals surface area contributed by atoms with E-state index in [-0.39, 0.29) is 0 Å². The lowest BCUT2D eigenvalue weighted by atomic mass is 10.0. The van der Waals surface area contributed by atoms with Gasteiger partial charge in [0.15, 0.2) is 0 Å². The minimum absolute atomic E-state index is 0.311. The van der Waals surface area contributed by atoms with E-state index in [2.05, 4.69) is 4.72 Å². The number of sulfonamides is 1. The van der Waals surface area contributed by atoms with Crippen LogP contribution in [0.5, 0.6) is 0 Å². The molecule has 0 aliphatic rings. The second kappa shape index (κ2) is 5.71. The van der Waals surface area contributed by atoms with Crippen molar-refractivity contribution in [3.05, 3.63) is 72.1 Å². The highest BCUT2D eigenvalue weighted by Crippen LogP contribution is 2.30. The molecule has 3 nitrogen and oxygen atoms in total. The Balaban J connectivity index is 2.01. The number of thiophene rings is 1. The Morgan fingerprint density at radius 1 is 0.810 bits per heavy atom. The van der Waals surface area contributed by atoms with E-state index in [1.807, 2.05) is 48.5 Å². The highest BCUT2D eigenvalue weighted by Gasteiger charge is 2.17. The monoisotopic (exact) mass is 315 g/mol. The summed E-state index contributed by atoms with van der Waals surface area (Å²) in [6, 6.07) is 20.4. The number of para-hydroxylation sites is 1. The van der Waals surface area contributed by atoms with E-state index >= 15 is 0 Å². The largest absolute Gasteiger partial charge is 0.278 e. The molecular formula is C16H13NO2S2. The third-order valence-corrected chi connectivity index (χ3v) is 5.78. The van der Waals surface area contributed by atoms with Crippen LogP contribution in [0, 0.1) is 0 Å². The van der Waals surface area contributed by atoms with Crippen molar-refractivity contribution in [2.45, 2.75) is 4.21 Å². The topological polar surface area (TPSA) is 46.2 Å². The summed E-state index contributed by atoms with van der Waals surface area (Å²) >= 11 is 1.20. The molecule has 0 saturated carbocycles. The second-order valence-corrected chi connectivity index (χ2v) is 7.31. The minimum Gasteiger partial charge on any atom is -0.278 e. The van der Waals surface area contributed by atoms with Crippen molar-refractivity contribution in [3.8, 4) is 11.1 Å². The van der Waals surface area contributed by atoms with Gasteiger partial charge >= 0.3 is 0 Å². The number of nitrogens with one attached hydrogen (secondary N) is 1. The molecule has 0 radical (unpaired) electrons. The van der Waals surface area contributed by atoms with Crippen LogP contribution in [0.25, 0.3) is 11.1 Å². The number of hydrogen-bond donors (Lipinski definition) is 1. The van der Waals surface area contributed by atoms with Gasteiger partial charge in [-0.25, -0.2) is 8.42 Å². The molecule has 21 heavy (non-hydrogen) atoms. The maximum Gasteiger partial charge on any atom is 0.271 e. The zero-order valence-electron chi connectivity index (χ0n) is 11.1. The molecule has 0 spiro atoms. The van der Waals surface area contributed by atoms with Crippen LogP contribution in [0.2, 0.25) is 0 Å². The zero-order valence-corrected chi connectivity index (χ0v) is 12.7. The first-order valence-corrected chi connectivity index (χ1v) is 8.74. The number of anilines is 1. The van der Waals surface area contributed by atoms with Crippen LogP contribution in [0.1, 0.15) is 0 Å². The van der Waals surface area contributed by atoms with Gasteiger partial charge in [0.05, 0.1) is 5.69 Å². The van der Waals surface area contributed by atoms with Crippen molar-refractivity contribution in [3.63, 3.8) is 0 Å². The van der Waals surface area contributed by atoms with Crippen molar-refractivity contribution < 1.29 is 8.42 Å². The van der Waals surface area contributed by atoms with Gasteiger partial charge < -0.3 is 0 Å². The summed E-state index contributed by atoms with van der Waals surface area (Å²) in [6.07, 6.45) is 0. The molecule has 0 atom stereocenters. The first-order chi connectivity index (χ1) is 10.2. The summed E-state index contributed by atoms with van der Waals surface area (Å²) in [4.78, 5) is 0. The maximum atomic E-state index is 12.3. The van der Waals surface area contributed by atoms with Gasteiger partial charge in [-0.1, -0.05) is 54.6 Å². The Labute approximate surface area is 127 Å². The van der Waals surface area contributed by atoms with E-state index in [0.717, 1.165) is 11.1 Å². The lowest BCUT2D eigenvalue weighted by molar-refractivity contribution is 0.603. The second-order valence-electron chi connectivity index (χ2n) is 4.45. The van der Waals surface area contributed by atoms with Gasteiger partial charge in [0.25, 0.3) is 10.0 Å². The first kappa shape index (κ1) is 13.9. The van der Waals surface area contributed by atoms with Gasteiger partial charge in [0.2, 0.25) is 0 Å². The lowest BCUT2D eigenvalue weighted by Gasteiger charge is -2.11. The zero-order chi connectivity index (χ0) is 14.7. The summed E-state index contributed by atoms with van der Waals surface area (Å²) in [7, 11) is -3.53. The van der Waals surface area contributed by atoms with Crippen molar-refractivity contribution in [2.75, 3.05) is 4.72 Å². The standard InChI is InChI=1S/C16H13NO2S2/c18-21(19,16-11-6-12-20-16)17-15-10-5-4-9-14(15)13-7-2-1-3-8-13/h1-12,17H. The fourth-order valence-corrected chi connectivity index (χ4v) is 4.13. The summed E-state index contributed by atoms with van der Waals surface area (Å²) in [5.74, 6) is 0. The fraction of sp³-hybridized carbons (Fsp3) is 0. The number of rotatable bonds is 4. The van der Waals surface area contributed by atoms with E-state index in [1.54, 1.807) is 23.6 Å². The van der Waals surface area contributed by atoms with E-state index in [9.17, 15) is 8.42 Å². The predicted molar refractivity (Wildman–Crippen MR) is 87.0 cm³/mol. The molecule has 0 fully saturated rings. The summed E-state index contributed by atoms with van der Waals surface area (Å²) in [5.41, 5.74) is 2.41. The molecule has 0 aliphatic heterocycles. The van der Waals surface area contributed by atoms with E-state index in [1.165, 1.54) is 11.3 Å². The average molecular weight is 315 g/mol. The quantitative estimate of drug-likeness (QED) is 0.783. The first-order valence-electron chi connectivity index (χ1n) is 6.37. The summed E-state index contributed by atoms with van der Waals surface area (Å²) in [6.45, 7) is 0. The average Bonchev–Trinajstić information content (AvgIpc) is 3.03. The Bertz CT molecular complexity index is 826. The Hall–Kier alpha value is -2.11. The van der Waals surface area contributed by atoms with E-state index in [4.69, 9.17) is 0 Å². The SMILES string of the molecule is O=S(=O)(Nc1ccccc1-c1ccccc1)c1cccs1. The van der Waals surface area contributed by atoms with Crippen molar-refractivity contribution in [2.24, 2.45) is 0 Å². The van der Waals surface area contributed by atoms with E-state index < -0.39 is 10.0 Å². The smallest absolute Gasteiger partial charge is 0.271 e. The summed E-state index contributed by atoms with van der Waals surface area (Å²) in [5, 5.41) is 1.75. The van der Waals surface area contributed by atoms with Gasteiger partial charge in [-0.2, -0.15) is 0 Å². The third-order valence-electron chi connectivity index (χ3n) is 3.02. The number of hydrogen-bond acceptors (Lipinski definition) is 3. The fourth-order valence-electron chi connectivity index (χ4n) is 2.05. The van der Waals surface area contributed by atoms with Gasteiger partial charge in [0, 0.05) is 5.56 Å². The molecule has 5 heteroatoms. The Kier molecular flexibility index (Phi) is 3.77. The molecular weight excluding hydrogens is 302 g/mol. The van der Waals surface area contributed by atoms with Crippen molar-refractivity contribution >= 4 is 27.0 Å². The van der Waals surface area contributed by atoms with Gasteiger partial charge in [-0.15, -0.1) is 11.3 Å². The summed E-state index contributed by atoms with van der Waals surface area (Å²) < 4.78 is 27.7. The highest BCUT2D eigenvalue weighted by molar-refractivity contribution is 7.94. The van der Waals surface area contributed by atoms with Crippen LogP contribution >= 0.6 is 11.3 Å². The molecule has 1 heterocycles. The molecule has 106 valence electrons. The molecule has 0 bridgehead atoms. The van der Waals surface area contributed by atoms with Crippen LogP contribution in [-0.4, -0.2) is 8.42 Å². The molecule has 3 rings (SSSR count). The molecule has 0 unspecified atom stereocenters. The van der Waals surface area contributed by atoms with E-state index in [0.29, 0.717) is 9.90 Å². The Morgan fingerprint density at radius 2 is 1.52 bits per heavy atom. The molecule has 0 amide bonds. The van der Waals surface area contributed by atoms with Crippen molar-refractivity contribution in [1.29, 1.82) is 0 Å². The number of benzene rings is 2. The maximum absolute atomic E-state index is 12.3. The molecule has 1 aromatic heterocycles. The molecule has 3 aromatic rings. The van der Waals surface area contributed by atoms with Crippen LogP contribution in [0.4, 0.5) is 5.69 Å². The van der Waals surface area contributed by atoms with Crippen molar-refractivity contribution in [1.82, 2.24) is 0 Å². The van der Waals surface area contributed by atoms with Gasteiger partial charge in [-0.3, -0.25) is 4.72 Å². The third kappa shape index (κ3) is 2.99. The van der Waals surface area contributed by atoms with Gasteiger partial charge in [0.1, 0.15) is 4.21 Å². The van der Waals surface area contributed by atoms with Crippen LogP contribution in [0.3, 0.4) is 0 Å². The normalized spacial score (nSPS) is 11.2. The molecule has 1 N–H and O–H groups in total. The molecule has 0 aliphatic carbocycles. The molecule has 0 saturated heterocycles. The van der Waals surface area contributed by atoms with Gasteiger partial charge in [-0.05, 0) is 23.1 Å². The minimum atomic E-state index is -3.53. The lowest BCUT2D eigenvalue weighted by Crippen LogP contribution is -2.12. The van der Waals surface area contributed by atoms with Crippen LogP contribution < -0.4 is 4.72 Å². The van der Waals surface area contributed by atoms with Crippen LogP contribution in [0.15, 0.2) is 76.3 Å².